The number of nitriles is 1. The molecule has 0 atom stereocenters. The van der Waals surface area contributed by atoms with Gasteiger partial charge in [0.2, 0.25) is 0 Å². The number of nitrogens with two attached hydrogens (primary N) is 1. The van der Waals surface area contributed by atoms with Gasteiger partial charge in [-0.25, -0.2) is 9.59 Å². The quantitative estimate of drug-likeness (QED) is 0.833. The molecule has 0 radical (unpaired) electrons. The van der Waals surface area contributed by atoms with Gasteiger partial charge in [0.25, 0.3) is 0 Å². The molecule has 2 rings (SSSR count). The minimum Gasteiger partial charge on any atom is -0.478 e. The van der Waals surface area contributed by atoms with Crippen LogP contribution in [0.2, 0.25) is 0 Å². The fourth-order valence-corrected chi connectivity index (χ4v) is 2.22. The van der Waals surface area contributed by atoms with Crippen LogP contribution in [0.1, 0.15) is 32.0 Å². The number of ether oxygens (including phenoxy) is 1. The first kappa shape index (κ1) is 15.1. The minimum absolute atomic E-state index is 0.00511. The number of hydrogen-bond acceptors (Lipinski definition) is 5. The molecule has 0 unspecified atom stereocenters. The summed E-state index contributed by atoms with van der Waals surface area (Å²) in [6, 6.07) is 6.53. The van der Waals surface area contributed by atoms with E-state index in [1.807, 2.05) is 6.07 Å². The molecule has 2 aromatic rings. The number of carbonyl (C=O) groups is 2. The number of carboxylic acids is 1. The average Bonchev–Trinajstić information content (AvgIpc) is 2.83. The van der Waals surface area contributed by atoms with Gasteiger partial charge in [0, 0.05) is 11.9 Å². The Hall–Kier alpha value is -3.27. The van der Waals surface area contributed by atoms with Crippen LogP contribution in [0.3, 0.4) is 0 Å². The standard InChI is InChI=1S/C15H13N3O4/c1-8-10(14(19)20)4-3-5-11(8)18-7-9(6-16)12(17)13(18)15(21)22-2/h3-5,7H,17H2,1-2H3,(H,19,20). The Morgan fingerprint density at radius 2 is 2.09 bits per heavy atom. The van der Waals surface area contributed by atoms with Gasteiger partial charge in [-0.15, -0.1) is 0 Å². The van der Waals surface area contributed by atoms with Crippen LogP contribution in [0.25, 0.3) is 5.69 Å². The lowest BCUT2D eigenvalue weighted by atomic mass is 10.1. The predicted molar refractivity (Wildman–Crippen MR) is 77.9 cm³/mol. The van der Waals surface area contributed by atoms with Gasteiger partial charge in [-0.2, -0.15) is 5.26 Å². The van der Waals surface area contributed by atoms with E-state index in [1.165, 1.54) is 23.9 Å². The van der Waals surface area contributed by atoms with Gasteiger partial charge in [0.1, 0.15) is 6.07 Å². The Labute approximate surface area is 126 Å². The monoisotopic (exact) mass is 299 g/mol. The number of methoxy groups -OCH3 is 1. The molecule has 0 spiro atoms. The van der Waals surface area contributed by atoms with Gasteiger partial charge < -0.3 is 20.1 Å². The Balaban J connectivity index is 2.79. The largest absolute Gasteiger partial charge is 0.478 e. The summed E-state index contributed by atoms with van der Waals surface area (Å²) in [5.41, 5.74) is 6.89. The maximum absolute atomic E-state index is 11.9. The number of hydrogen-bond donors (Lipinski definition) is 2. The van der Waals surface area contributed by atoms with E-state index in [1.54, 1.807) is 19.1 Å². The molecular weight excluding hydrogens is 286 g/mol. The van der Waals surface area contributed by atoms with E-state index < -0.39 is 11.9 Å². The van der Waals surface area contributed by atoms with Crippen molar-refractivity contribution < 1.29 is 19.4 Å². The molecule has 0 aliphatic heterocycles. The zero-order valence-electron chi connectivity index (χ0n) is 12.0. The molecule has 7 nitrogen and oxygen atoms in total. The molecule has 1 aromatic carbocycles. The van der Waals surface area contributed by atoms with E-state index in [2.05, 4.69) is 4.74 Å². The molecule has 7 heteroatoms. The third-order valence-electron chi connectivity index (χ3n) is 3.34. The molecule has 112 valence electrons. The smallest absolute Gasteiger partial charge is 0.357 e. The van der Waals surface area contributed by atoms with Crippen molar-refractivity contribution in [2.24, 2.45) is 0 Å². The van der Waals surface area contributed by atoms with E-state index in [4.69, 9.17) is 11.0 Å². The summed E-state index contributed by atoms with van der Waals surface area (Å²) < 4.78 is 6.07. The highest BCUT2D eigenvalue weighted by Crippen LogP contribution is 2.27. The van der Waals surface area contributed by atoms with Crippen LogP contribution >= 0.6 is 0 Å². The first-order valence-corrected chi connectivity index (χ1v) is 6.24. The fraction of sp³-hybridized carbons (Fsp3) is 0.133. The highest BCUT2D eigenvalue weighted by Gasteiger charge is 2.23. The van der Waals surface area contributed by atoms with Crippen LogP contribution in [0, 0.1) is 18.3 Å². The van der Waals surface area contributed by atoms with Crippen LogP contribution < -0.4 is 5.73 Å². The van der Waals surface area contributed by atoms with Crippen LogP contribution in [0.4, 0.5) is 5.69 Å². The summed E-state index contributed by atoms with van der Waals surface area (Å²) in [4.78, 5) is 23.2. The average molecular weight is 299 g/mol. The summed E-state index contributed by atoms with van der Waals surface area (Å²) in [5.74, 6) is -1.79. The molecule has 3 N–H and O–H groups in total. The minimum atomic E-state index is -1.08. The maximum Gasteiger partial charge on any atom is 0.357 e. The summed E-state index contributed by atoms with van der Waals surface area (Å²) in [6.45, 7) is 1.61. The van der Waals surface area contributed by atoms with E-state index >= 15 is 0 Å². The Morgan fingerprint density at radius 3 is 2.64 bits per heavy atom. The Morgan fingerprint density at radius 1 is 1.41 bits per heavy atom. The number of carbonyl (C=O) groups excluding carboxylic acids is 1. The SMILES string of the molecule is COC(=O)c1c(N)c(C#N)cn1-c1cccc(C(=O)O)c1C. The summed E-state index contributed by atoms with van der Waals surface area (Å²) in [6.07, 6.45) is 1.38. The van der Waals surface area contributed by atoms with Crippen molar-refractivity contribution in [3.05, 3.63) is 46.8 Å². The van der Waals surface area contributed by atoms with Crippen molar-refractivity contribution in [2.45, 2.75) is 6.92 Å². The number of aromatic carboxylic acids is 1. The number of nitrogen functional groups attached to an aromatic ring is 1. The lowest BCUT2D eigenvalue weighted by Gasteiger charge is -2.12. The molecule has 0 bridgehead atoms. The van der Waals surface area contributed by atoms with Crippen molar-refractivity contribution in [3.63, 3.8) is 0 Å². The molecule has 22 heavy (non-hydrogen) atoms. The number of carboxylic acid groups (broad SMARTS) is 1. The second kappa shape index (κ2) is 5.61. The topological polar surface area (TPSA) is 118 Å². The zero-order chi connectivity index (χ0) is 16.4. The third-order valence-corrected chi connectivity index (χ3v) is 3.34. The summed E-state index contributed by atoms with van der Waals surface area (Å²) in [7, 11) is 1.20. The number of aromatic nitrogens is 1. The highest BCUT2D eigenvalue weighted by atomic mass is 16.5. The van der Waals surface area contributed by atoms with Crippen molar-refractivity contribution >= 4 is 17.6 Å². The van der Waals surface area contributed by atoms with Crippen molar-refractivity contribution in [1.29, 1.82) is 5.26 Å². The van der Waals surface area contributed by atoms with Crippen LogP contribution in [-0.4, -0.2) is 28.7 Å². The number of benzene rings is 1. The second-order valence-electron chi connectivity index (χ2n) is 4.53. The molecule has 0 aliphatic rings. The molecular formula is C15H13N3O4. The number of esters is 1. The Kier molecular flexibility index (Phi) is 3.86. The molecule has 1 aromatic heterocycles. The maximum atomic E-state index is 11.9. The van der Waals surface area contributed by atoms with Gasteiger partial charge in [-0.3, -0.25) is 0 Å². The number of rotatable bonds is 3. The normalized spacial score (nSPS) is 10.0. The van der Waals surface area contributed by atoms with Gasteiger partial charge in [-0.1, -0.05) is 6.07 Å². The van der Waals surface area contributed by atoms with Gasteiger partial charge in [0.15, 0.2) is 5.69 Å². The predicted octanol–water partition coefficient (Wildman–Crippen LogP) is 1.72. The van der Waals surface area contributed by atoms with Crippen molar-refractivity contribution in [2.75, 3.05) is 12.8 Å². The zero-order valence-corrected chi connectivity index (χ0v) is 12.0. The highest BCUT2D eigenvalue weighted by molar-refractivity contribution is 5.96. The van der Waals surface area contributed by atoms with E-state index in [0.29, 0.717) is 11.3 Å². The van der Waals surface area contributed by atoms with E-state index in [9.17, 15) is 14.7 Å². The first-order chi connectivity index (χ1) is 10.4. The van der Waals surface area contributed by atoms with E-state index in [0.717, 1.165) is 0 Å². The fourth-order valence-electron chi connectivity index (χ4n) is 2.22. The van der Waals surface area contributed by atoms with Gasteiger partial charge in [0.05, 0.1) is 23.9 Å². The lowest BCUT2D eigenvalue weighted by molar-refractivity contribution is 0.0592. The molecule has 0 aliphatic carbocycles. The lowest BCUT2D eigenvalue weighted by Crippen LogP contribution is -2.13. The van der Waals surface area contributed by atoms with Crippen LogP contribution in [0.15, 0.2) is 24.4 Å². The van der Waals surface area contributed by atoms with Crippen molar-refractivity contribution in [1.82, 2.24) is 4.57 Å². The Bertz CT molecular complexity index is 815. The first-order valence-electron chi connectivity index (χ1n) is 6.24. The van der Waals surface area contributed by atoms with Crippen LogP contribution in [-0.2, 0) is 4.74 Å². The molecule has 0 fully saturated rings. The molecule has 0 saturated carbocycles. The van der Waals surface area contributed by atoms with Crippen molar-refractivity contribution in [3.8, 4) is 11.8 Å². The molecule has 0 saturated heterocycles. The number of nitrogens with zero attached hydrogens (tertiary/aromatic N) is 2. The summed E-state index contributed by atoms with van der Waals surface area (Å²) >= 11 is 0. The summed E-state index contributed by atoms with van der Waals surface area (Å²) in [5, 5.41) is 18.3. The molecule has 0 amide bonds. The second-order valence-corrected chi connectivity index (χ2v) is 4.53. The third kappa shape index (κ3) is 2.27. The van der Waals surface area contributed by atoms with Gasteiger partial charge in [-0.05, 0) is 24.6 Å². The molecule has 1 heterocycles. The van der Waals surface area contributed by atoms with Gasteiger partial charge >= 0.3 is 11.9 Å². The van der Waals surface area contributed by atoms with Crippen LogP contribution in [0.5, 0.6) is 0 Å². The number of anilines is 1. The van der Waals surface area contributed by atoms with E-state index in [-0.39, 0.29) is 22.5 Å².